The maximum Gasteiger partial charge on any atom is 0.211 e. The van der Waals surface area contributed by atoms with Crippen LogP contribution in [0.5, 0.6) is 0 Å². The highest BCUT2D eigenvalue weighted by Gasteiger charge is 2.15. The monoisotopic (exact) mass is 334 g/mol. The number of aliphatic imine (C=N–C) groups is 1. The summed E-state index contributed by atoms with van der Waals surface area (Å²) in [5.74, 6) is 1.63. The zero-order valence-electron chi connectivity index (χ0n) is 14.0. The van der Waals surface area contributed by atoms with Crippen molar-refractivity contribution >= 4 is 16.0 Å². The average molecular weight is 334 g/mol. The lowest BCUT2D eigenvalue weighted by Crippen LogP contribution is -2.43. The van der Waals surface area contributed by atoms with E-state index in [1.165, 1.54) is 0 Å². The van der Waals surface area contributed by atoms with Gasteiger partial charge in [0, 0.05) is 46.9 Å². The summed E-state index contributed by atoms with van der Waals surface area (Å²) in [7, 11) is 0.620. The van der Waals surface area contributed by atoms with E-state index in [1.54, 1.807) is 14.0 Å². The van der Waals surface area contributed by atoms with Gasteiger partial charge in [0.25, 0.3) is 0 Å². The van der Waals surface area contributed by atoms with Crippen molar-refractivity contribution < 1.29 is 13.2 Å². The molecule has 0 bridgehead atoms. The van der Waals surface area contributed by atoms with Crippen molar-refractivity contribution in [3.8, 4) is 0 Å². The minimum Gasteiger partial charge on any atom is -0.381 e. The van der Waals surface area contributed by atoms with Gasteiger partial charge in [0.15, 0.2) is 5.96 Å². The number of nitrogens with zero attached hydrogens (tertiary/aromatic N) is 2. The van der Waals surface area contributed by atoms with E-state index in [0.717, 1.165) is 50.9 Å². The Morgan fingerprint density at radius 3 is 2.59 bits per heavy atom. The van der Waals surface area contributed by atoms with Gasteiger partial charge in [-0.2, -0.15) is 0 Å². The molecule has 1 aliphatic rings. The summed E-state index contributed by atoms with van der Waals surface area (Å²) in [5.41, 5.74) is 0. The molecule has 1 fully saturated rings. The molecule has 0 amide bonds. The molecule has 130 valence electrons. The Morgan fingerprint density at radius 1 is 1.32 bits per heavy atom. The van der Waals surface area contributed by atoms with Gasteiger partial charge in [-0.3, -0.25) is 4.99 Å². The molecule has 2 N–H and O–H groups in total. The van der Waals surface area contributed by atoms with Gasteiger partial charge >= 0.3 is 0 Å². The van der Waals surface area contributed by atoms with Crippen molar-refractivity contribution in [1.82, 2.24) is 14.9 Å². The lowest BCUT2D eigenvalue weighted by molar-refractivity contribution is 0.0625. The molecule has 0 atom stereocenters. The first-order chi connectivity index (χ1) is 10.5. The van der Waals surface area contributed by atoms with Crippen molar-refractivity contribution in [1.29, 1.82) is 0 Å². The summed E-state index contributed by atoms with van der Waals surface area (Å²) in [6.45, 7) is 5.19. The standard InChI is InChI=1S/C14H30N4O3S/c1-4-22(19,20)17-9-8-16-14(15-2)18(3)10-5-13-6-11-21-12-7-13/h13,17H,4-12H2,1-3H3,(H,15,16). The third-order valence-electron chi connectivity index (χ3n) is 3.90. The minimum atomic E-state index is -3.12. The lowest BCUT2D eigenvalue weighted by Gasteiger charge is -2.26. The van der Waals surface area contributed by atoms with Gasteiger partial charge in [-0.25, -0.2) is 13.1 Å². The van der Waals surface area contributed by atoms with E-state index >= 15 is 0 Å². The van der Waals surface area contributed by atoms with E-state index in [2.05, 4.69) is 19.9 Å². The van der Waals surface area contributed by atoms with E-state index in [-0.39, 0.29) is 5.75 Å². The molecule has 8 heteroatoms. The number of hydrogen-bond acceptors (Lipinski definition) is 4. The van der Waals surface area contributed by atoms with Crippen LogP contribution in [0.15, 0.2) is 4.99 Å². The molecule has 1 saturated heterocycles. The lowest BCUT2D eigenvalue weighted by atomic mass is 9.96. The van der Waals surface area contributed by atoms with E-state index in [1.807, 2.05) is 7.05 Å². The van der Waals surface area contributed by atoms with Crippen LogP contribution < -0.4 is 10.0 Å². The fraction of sp³-hybridized carbons (Fsp3) is 0.929. The first-order valence-corrected chi connectivity index (χ1v) is 9.60. The molecule has 0 aliphatic carbocycles. The second kappa shape index (κ2) is 10.0. The molecule has 1 aliphatic heterocycles. The van der Waals surface area contributed by atoms with Gasteiger partial charge in [-0.05, 0) is 32.1 Å². The van der Waals surface area contributed by atoms with Crippen molar-refractivity contribution in [2.24, 2.45) is 10.9 Å². The van der Waals surface area contributed by atoms with E-state index < -0.39 is 10.0 Å². The predicted octanol–water partition coefficient (Wildman–Crippen LogP) is 0.250. The summed E-state index contributed by atoms with van der Waals surface area (Å²) in [6, 6.07) is 0. The van der Waals surface area contributed by atoms with E-state index in [0.29, 0.717) is 13.1 Å². The quantitative estimate of drug-likeness (QED) is 0.378. The topological polar surface area (TPSA) is 83.0 Å². The number of nitrogens with one attached hydrogen (secondary N) is 2. The maximum absolute atomic E-state index is 11.3. The van der Waals surface area contributed by atoms with Crippen LogP contribution in [0.3, 0.4) is 0 Å². The molecule has 0 unspecified atom stereocenters. The fourth-order valence-electron chi connectivity index (χ4n) is 2.38. The number of guanidine groups is 1. The van der Waals surface area contributed by atoms with Crippen LogP contribution in [0, 0.1) is 5.92 Å². The van der Waals surface area contributed by atoms with E-state index in [4.69, 9.17) is 4.74 Å². The molecule has 0 spiro atoms. The molecule has 0 aromatic heterocycles. The summed E-state index contributed by atoms with van der Waals surface area (Å²) < 4.78 is 30.6. The highest BCUT2D eigenvalue weighted by Crippen LogP contribution is 2.18. The summed E-state index contributed by atoms with van der Waals surface area (Å²) in [4.78, 5) is 6.32. The number of rotatable bonds is 8. The molecule has 1 rings (SSSR count). The Bertz CT molecular complexity index is 433. The highest BCUT2D eigenvalue weighted by atomic mass is 32.2. The van der Waals surface area contributed by atoms with Gasteiger partial charge in [0.1, 0.15) is 0 Å². The van der Waals surface area contributed by atoms with Gasteiger partial charge in [0.05, 0.1) is 5.75 Å². The van der Waals surface area contributed by atoms with Crippen molar-refractivity contribution in [3.05, 3.63) is 0 Å². The van der Waals surface area contributed by atoms with Crippen molar-refractivity contribution in [3.63, 3.8) is 0 Å². The largest absolute Gasteiger partial charge is 0.381 e. The average Bonchev–Trinajstić information content (AvgIpc) is 2.53. The molecule has 22 heavy (non-hydrogen) atoms. The van der Waals surface area contributed by atoms with Crippen LogP contribution in [-0.4, -0.2) is 72.0 Å². The molecule has 0 aromatic carbocycles. The third-order valence-corrected chi connectivity index (χ3v) is 5.30. The molecule has 0 aromatic rings. The smallest absolute Gasteiger partial charge is 0.211 e. The number of hydrogen-bond donors (Lipinski definition) is 2. The SMILES string of the molecule is CCS(=O)(=O)NCCNC(=NC)N(C)CCC1CCOCC1. The fourth-order valence-corrected chi connectivity index (χ4v) is 3.00. The predicted molar refractivity (Wildman–Crippen MR) is 89.6 cm³/mol. The first-order valence-electron chi connectivity index (χ1n) is 7.95. The second-order valence-electron chi connectivity index (χ2n) is 5.54. The molecule has 7 nitrogen and oxygen atoms in total. The normalized spacial score (nSPS) is 17.5. The van der Waals surface area contributed by atoms with Crippen LogP contribution in [0.1, 0.15) is 26.2 Å². The van der Waals surface area contributed by atoms with Crippen LogP contribution in [0.25, 0.3) is 0 Å². The van der Waals surface area contributed by atoms with Crippen molar-refractivity contribution in [2.45, 2.75) is 26.2 Å². The Balaban J connectivity index is 2.24. The number of sulfonamides is 1. The van der Waals surface area contributed by atoms with Crippen LogP contribution in [0.2, 0.25) is 0 Å². The van der Waals surface area contributed by atoms with Crippen LogP contribution >= 0.6 is 0 Å². The molecule has 0 radical (unpaired) electrons. The van der Waals surface area contributed by atoms with Crippen LogP contribution in [0.4, 0.5) is 0 Å². The Kier molecular flexibility index (Phi) is 8.74. The molecule has 0 saturated carbocycles. The Labute approximate surface area is 134 Å². The summed E-state index contributed by atoms with van der Waals surface area (Å²) in [6.07, 6.45) is 3.40. The van der Waals surface area contributed by atoms with Crippen LogP contribution in [-0.2, 0) is 14.8 Å². The minimum absolute atomic E-state index is 0.104. The second-order valence-corrected chi connectivity index (χ2v) is 7.63. The number of ether oxygens (including phenoxy) is 1. The van der Waals surface area contributed by atoms with Gasteiger partial charge < -0.3 is 15.0 Å². The summed E-state index contributed by atoms with van der Waals surface area (Å²) in [5, 5.41) is 3.18. The highest BCUT2D eigenvalue weighted by molar-refractivity contribution is 7.89. The van der Waals surface area contributed by atoms with E-state index in [9.17, 15) is 8.42 Å². The van der Waals surface area contributed by atoms with Gasteiger partial charge in [-0.15, -0.1) is 0 Å². The third kappa shape index (κ3) is 7.42. The van der Waals surface area contributed by atoms with Crippen molar-refractivity contribution in [2.75, 3.05) is 52.7 Å². The molecular formula is C14H30N4O3S. The zero-order chi connectivity index (χ0) is 16.4. The first kappa shape index (κ1) is 19.2. The Morgan fingerprint density at radius 2 is 2.00 bits per heavy atom. The Hall–Kier alpha value is -0.860. The van der Waals surface area contributed by atoms with Gasteiger partial charge in [-0.1, -0.05) is 0 Å². The zero-order valence-corrected chi connectivity index (χ0v) is 14.8. The molecule has 1 heterocycles. The molecular weight excluding hydrogens is 304 g/mol. The maximum atomic E-state index is 11.3. The summed E-state index contributed by atoms with van der Waals surface area (Å²) >= 11 is 0. The van der Waals surface area contributed by atoms with Gasteiger partial charge in [0.2, 0.25) is 10.0 Å².